The van der Waals surface area contributed by atoms with Crippen LogP contribution in [0.2, 0.25) is 0 Å². The van der Waals surface area contributed by atoms with E-state index in [1.807, 2.05) is 0 Å². The van der Waals surface area contributed by atoms with E-state index in [4.69, 9.17) is 16.5 Å². The molecule has 0 radical (unpaired) electrons. The number of halogens is 1. The number of hydrogen-bond donors (Lipinski definition) is 2. The summed E-state index contributed by atoms with van der Waals surface area (Å²) >= 11 is 6.27. The van der Waals surface area contributed by atoms with E-state index in [-0.39, 0.29) is 16.3 Å². The molecule has 2 aromatic carbocycles. The van der Waals surface area contributed by atoms with Gasteiger partial charge in [-0.2, -0.15) is 12.2 Å². The highest BCUT2D eigenvalue weighted by atomic mass is 35.5. The van der Waals surface area contributed by atoms with Gasteiger partial charge in [0.2, 0.25) is 10.0 Å². The van der Waals surface area contributed by atoms with Crippen molar-refractivity contribution < 1.29 is 21.6 Å². The number of methoxy groups -OCH3 is 1. The summed E-state index contributed by atoms with van der Waals surface area (Å²) in [5, 5.41) is 3.30. The van der Waals surface area contributed by atoms with Gasteiger partial charge < -0.3 is 15.0 Å². The van der Waals surface area contributed by atoms with E-state index in [9.17, 15) is 16.8 Å². The normalized spacial score (nSPS) is 15.3. The molecular weight excluding hydrogens is 464 g/mol. The number of sulfonamides is 2. The predicted molar refractivity (Wildman–Crippen MR) is 123 cm³/mol. The Bertz CT molecular complexity index is 1130. The molecule has 1 heterocycles. The molecule has 9 nitrogen and oxygen atoms in total. The molecule has 1 saturated heterocycles. The first-order valence-electron chi connectivity index (χ1n) is 9.54. The third-order valence-corrected chi connectivity index (χ3v) is 7.51. The van der Waals surface area contributed by atoms with Crippen molar-refractivity contribution in [1.29, 1.82) is 0 Å². The lowest BCUT2D eigenvalue weighted by molar-refractivity contribution is 0.413. The zero-order valence-corrected chi connectivity index (χ0v) is 19.6. The van der Waals surface area contributed by atoms with E-state index in [0.717, 1.165) is 44.5 Å². The average molecular weight is 489 g/mol. The Morgan fingerprint density at radius 2 is 1.87 bits per heavy atom. The fraction of sp³-hybridized carbons (Fsp3) is 0.368. The monoisotopic (exact) mass is 488 g/mol. The zero-order valence-electron chi connectivity index (χ0n) is 17.2. The Morgan fingerprint density at radius 1 is 1.10 bits per heavy atom. The minimum atomic E-state index is -4.19. The number of anilines is 3. The SMILES string of the molecule is COc1cccc(S(=O)(=O)N(Cl)c2ccc(N3CCCNCC3)cc2NS(C)(=O)=O)c1. The summed E-state index contributed by atoms with van der Waals surface area (Å²) in [4.78, 5) is 2.02. The largest absolute Gasteiger partial charge is 0.497 e. The first kappa shape index (κ1) is 23.5. The molecular formula is C19H25ClN4O5S2. The maximum atomic E-state index is 13.1. The number of hydrogen-bond acceptors (Lipinski definition) is 7. The van der Waals surface area contributed by atoms with Crippen molar-refractivity contribution in [2.24, 2.45) is 0 Å². The van der Waals surface area contributed by atoms with Gasteiger partial charge in [0, 0.05) is 43.2 Å². The van der Waals surface area contributed by atoms with Crippen LogP contribution in [0.15, 0.2) is 47.4 Å². The molecule has 0 saturated carbocycles. The van der Waals surface area contributed by atoms with E-state index in [0.29, 0.717) is 9.57 Å². The Morgan fingerprint density at radius 3 is 2.58 bits per heavy atom. The first-order valence-corrected chi connectivity index (χ1v) is 13.2. The van der Waals surface area contributed by atoms with Gasteiger partial charge in [0.25, 0.3) is 10.0 Å². The van der Waals surface area contributed by atoms with Gasteiger partial charge in [-0.15, -0.1) is 0 Å². The molecule has 0 amide bonds. The molecule has 2 aromatic rings. The fourth-order valence-corrected chi connectivity index (χ4v) is 5.31. The van der Waals surface area contributed by atoms with Gasteiger partial charge in [-0.3, -0.25) is 4.72 Å². The third kappa shape index (κ3) is 5.73. The van der Waals surface area contributed by atoms with Crippen molar-refractivity contribution in [3.05, 3.63) is 42.5 Å². The van der Waals surface area contributed by atoms with Crippen molar-refractivity contribution in [2.75, 3.05) is 53.0 Å². The molecule has 31 heavy (non-hydrogen) atoms. The second-order valence-electron chi connectivity index (χ2n) is 7.07. The van der Waals surface area contributed by atoms with Crippen LogP contribution >= 0.6 is 11.8 Å². The molecule has 0 bridgehead atoms. The van der Waals surface area contributed by atoms with E-state index in [2.05, 4.69) is 14.9 Å². The van der Waals surface area contributed by atoms with Crippen LogP contribution in [-0.2, 0) is 20.0 Å². The van der Waals surface area contributed by atoms with E-state index in [1.165, 1.54) is 31.4 Å². The Labute approximate surface area is 188 Å². The van der Waals surface area contributed by atoms with Crippen LogP contribution in [0.4, 0.5) is 17.1 Å². The summed E-state index contributed by atoms with van der Waals surface area (Å²) < 4.78 is 58.1. The minimum absolute atomic E-state index is 0.00777. The molecule has 0 spiro atoms. The maximum absolute atomic E-state index is 13.1. The Hall–Kier alpha value is -2.21. The number of ether oxygens (including phenoxy) is 1. The van der Waals surface area contributed by atoms with E-state index >= 15 is 0 Å². The molecule has 1 fully saturated rings. The van der Waals surface area contributed by atoms with Crippen LogP contribution in [0.3, 0.4) is 0 Å². The first-order chi connectivity index (χ1) is 14.6. The van der Waals surface area contributed by atoms with Gasteiger partial charge in [-0.25, -0.2) is 8.42 Å². The fourth-order valence-electron chi connectivity index (χ4n) is 3.24. The maximum Gasteiger partial charge on any atom is 0.278 e. The molecule has 2 N–H and O–H groups in total. The van der Waals surface area contributed by atoms with Crippen molar-refractivity contribution in [1.82, 2.24) is 5.32 Å². The van der Waals surface area contributed by atoms with Gasteiger partial charge >= 0.3 is 0 Å². The van der Waals surface area contributed by atoms with Crippen LogP contribution in [0.25, 0.3) is 0 Å². The van der Waals surface area contributed by atoms with Crippen LogP contribution < -0.4 is 23.5 Å². The highest BCUT2D eigenvalue weighted by Crippen LogP contribution is 2.36. The summed E-state index contributed by atoms with van der Waals surface area (Å²) in [6.45, 7) is 3.22. The van der Waals surface area contributed by atoms with Crippen molar-refractivity contribution in [3.8, 4) is 5.75 Å². The highest BCUT2D eigenvalue weighted by molar-refractivity contribution is 7.94. The van der Waals surface area contributed by atoms with E-state index in [1.54, 1.807) is 18.2 Å². The van der Waals surface area contributed by atoms with Gasteiger partial charge in [0.15, 0.2) is 0 Å². The predicted octanol–water partition coefficient (Wildman–Crippen LogP) is 2.22. The summed E-state index contributed by atoms with van der Waals surface area (Å²) in [6, 6.07) is 10.7. The molecule has 12 heteroatoms. The van der Waals surface area contributed by atoms with Crippen molar-refractivity contribution in [3.63, 3.8) is 0 Å². The summed E-state index contributed by atoms with van der Waals surface area (Å²) in [5.41, 5.74) is 0.827. The van der Waals surface area contributed by atoms with Crippen molar-refractivity contribution >= 4 is 48.9 Å². The molecule has 1 aliphatic heterocycles. The molecule has 3 rings (SSSR count). The van der Waals surface area contributed by atoms with Gasteiger partial charge in [0.05, 0.1) is 29.6 Å². The van der Waals surface area contributed by atoms with Crippen molar-refractivity contribution in [2.45, 2.75) is 11.3 Å². The highest BCUT2D eigenvalue weighted by Gasteiger charge is 2.27. The van der Waals surface area contributed by atoms with Gasteiger partial charge in [-0.1, -0.05) is 6.07 Å². The summed E-state index contributed by atoms with van der Waals surface area (Å²) in [5.74, 6) is 0.353. The zero-order chi connectivity index (χ0) is 22.6. The van der Waals surface area contributed by atoms with Crippen LogP contribution in [0.1, 0.15) is 6.42 Å². The molecule has 0 aromatic heterocycles. The van der Waals surface area contributed by atoms with Crippen LogP contribution in [-0.4, -0.2) is 56.4 Å². The molecule has 0 unspecified atom stereocenters. The van der Waals surface area contributed by atoms with Gasteiger partial charge in [-0.05, 0) is 43.3 Å². The number of nitrogens with zero attached hydrogens (tertiary/aromatic N) is 2. The van der Waals surface area contributed by atoms with Crippen LogP contribution in [0.5, 0.6) is 5.75 Å². The van der Waals surface area contributed by atoms with Gasteiger partial charge in [0.1, 0.15) is 5.75 Å². The summed E-state index contributed by atoms with van der Waals surface area (Å²) in [7, 11) is -6.45. The lowest BCUT2D eigenvalue weighted by Gasteiger charge is -2.25. The second kappa shape index (κ2) is 9.51. The topological polar surface area (TPSA) is 108 Å². The molecule has 1 aliphatic rings. The standard InChI is InChI=1S/C19H25ClN4O5S2/c1-29-16-5-3-6-17(14-16)31(27,28)24(20)19-8-7-15(13-18(19)22-30(2,25)26)23-11-4-9-21-10-12-23/h3,5-8,13-14,21-22H,4,9-12H2,1-2H3. The Balaban J connectivity index is 2.03. The number of rotatable bonds is 7. The lowest BCUT2D eigenvalue weighted by Crippen LogP contribution is -2.28. The van der Waals surface area contributed by atoms with Crippen LogP contribution in [0, 0.1) is 0 Å². The summed E-state index contributed by atoms with van der Waals surface area (Å²) in [6.07, 6.45) is 1.93. The number of nitrogens with one attached hydrogen (secondary N) is 2. The lowest BCUT2D eigenvalue weighted by atomic mass is 10.2. The van der Waals surface area contributed by atoms with E-state index < -0.39 is 20.0 Å². The second-order valence-corrected chi connectivity index (χ2v) is 11.1. The molecule has 170 valence electrons. The quantitative estimate of drug-likeness (QED) is 0.575. The number of benzene rings is 2. The average Bonchev–Trinajstić information content (AvgIpc) is 3.01. The smallest absolute Gasteiger partial charge is 0.278 e. The molecule has 0 atom stereocenters. The third-order valence-electron chi connectivity index (χ3n) is 4.72. The minimum Gasteiger partial charge on any atom is -0.497 e. The molecule has 0 aliphatic carbocycles. The Kier molecular flexibility index (Phi) is 7.20.